The molecular weight excluding hydrogens is 1310 g/mol. The van der Waals surface area contributed by atoms with Gasteiger partial charge in [-0.15, -0.1) is 0 Å². The van der Waals surface area contributed by atoms with Crippen LogP contribution >= 0.6 is 15.6 Å². The first kappa shape index (κ1) is 98.1. The summed E-state index contributed by atoms with van der Waals surface area (Å²) < 4.78 is 68.6. The van der Waals surface area contributed by atoms with E-state index < -0.39 is 97.5 Å². The first-order valence-electron chi connectivity index (χ1n) is 42.1. The maximum Gasteiger partial charge on any atom is 0.472 e. The lowest BCUT2D eigenvalue weighted by atomic mass is 10.00. The van der Waals surface area contributed by atoms with Crippen LogP contribution in [0.25, 0.3) is 0 Å². The fourth-order valence-electron chi connectivity index (χ4n) is 12.5. The number of rotatable bonds is 80. The van der Waals surface area contributed by atoms with Gasteiger partial charge in [0.1, 0.15) is 19.3 Å². The molecule has 100 heavy (non-hydrogen) atoms. The summed E-state index contributed by atoms with van der Waals surface area (Å²) in [7, 11) is -9.92. The van der Waals surface area contributed by atoms with Gasteiger partial charge in [-0.2, -0.15) is 0 Å². The van der Waals surface area contributed by atoms with Gasteiger partial charge < -0.3 is 33.8 Å². The van der Waals surface area contributed by atoms with Crippen molar-refractivity contribution < 1.29 is 80.2 Å². The molecule has 0 amide bonds. The summed E-state index contributed by atoms with van der Waals surface area (Å²) in [6.07, 6.45) is 62.8. The number of phosphoric ester groups is 2. The van der Waals surface area contributed by atoms with E-state index in [0.29, 0.717) is 25.7 Å². The number of phosphoric acid groups is 2. The Bertz CT molecular complexity index is 1930. The Morgan fingerprint density at radius 3 is 0.710 bits per heavy atom. The predicted octanol–water partition coefficient (Wildman–Crippen LogP) is 24.3. The van der Waals surface area contributed by atoms with Gasteiger partial charge in [0, 0.05) is 25.7 Å². The third-order valence-corrected chi connectivity index (χ3v) is 21.6. The summed E-state index contributed by atoms with van der Waals surface area (Å²) in [6.45, 7) is 9.53. The van der Waals surface area contributed by atoms with E-state index in [2.05, 4.69) is 41.5 Å². The number of aliphatic hydroxyl groups excluding tert-OH is 1. The van der Waals surface area contributed by atoms with Crippen molar-refractivity contribution in [2.75, 3.05) is 39.6 Å². The lowest BCUT2D eigenvalue weighted by Crippen LogP contribution is -2.30. The van der Waals surface area contributed by atoms with Crippen LogP contribution in [0.15, 0.2) is 0 Å². The summed E-state index contributed by atoms with van der Waals surface area (Å²) in [5, 5.41) is 10.6. The molecule has 0 aromatic rings. The molecule has 19 heteroatoms. The predicted molar refractivity (Wildman–Crippen MR) is 409 cm³/mol. The number of ether oxygens (including phenoxy) is 4. The van der Waals surface area contributed by atoms with Crippen LogP contribution in [0.2, 0.25) is 0 Å². The van der Waals surface area contributed by atoms with Gasteiger partial charge in [-0.05, 0) is 37.5 Å². The van der Waals surface area contributed by atoms with Crippen LogP contribution in [0, 0.1) is 11.8 Å². The van der Waals surface area contributed by atoms with Crippen molar-refractivity contribution >= 4 is 39.5 Å². The van der Waals surface area contributed by atoms with E-state index in [0.717, 1.165) is 108 Å². The molecule has 0 saturated carbocycles. The average Bonchev–Trinajstić information content (AvgIpc) is 0.944. The largest absolute Gasteiger partial charge is 0.472 e. The SMILES string of the molecule is CCCCCCCCCCCCCCCCCCCCCCCCC(=O)O[C@H](COC(=O)CCCCCCCCCCCCCCCCCCCC)COP(=O)(O)OC[C@@H](O)COP(=O)(O)OC[C@@H](COC(=O)CCCCCCCCC(C)CC)OC(=O)CCCCCCCCC(C)CC. The minimum Gasteiger partial charge on any atom is -0.462 e. The lowest BCUT2D eigenvalue weighted by molar-refractivity contribution is -0.161. The number of carbonyl (C=O) groups excluding carboxylic acids is 4. The van der Waals surface area contributed by atoms with Gasteiger partial charge in [-0.25, -0.2) is 9.13 Å². The topological polar surface area (TPSA) is 237 Å². The third-order valence-electron chi connectivity index (χ3n) is 19.7. The molecule has 0 saturated heterocycles. The van der Waals surface area contributed by atoms with E-state index >= 15 is 0 Å². The second-order valence-corrected chi connectivity index (χ2v) is 32.6. The Morgan fingerprint density at radius 2 is 0.480 bits per heavy atom. The van der Waals surface area contributed by atoms with Gasteiger partial charge in [0.25, 0.3) is 0 Å². The smallest absolute Gasteiger partial charge is 0.462 e. The highest BCUT2D eigenvalue weighted by atomic mass is 31.2. The number of esters is 4. The van der Waals surface area contributed by atoms with E-state index in [-0.39, 0.29) is 25.7 Å². The van der Waals surface area contributed by atoms with Gasteiger partial charge in [0.2, 0.25) is 0 Å². The third kappa shape index (κ3) is 71.7. The zero-order valence-corrected chi connectivity index (χ0v) is 67.3. The zero-order valence-electron chi connectivity index (χ0n) is 65.5. The molecule has 17 nitrogen and oxygen atoms in total. The van der Waals surface area contributed by atoms with E-state index in [1.54, 1.807) is 0 Å². The van der Waals surface area contributed by atoms with Crippen LogP contribution in [0.5, 0.6) is 0 Å². The van der Waals surface area contributed by atoms with Crippen LogP contribution in [0.3, 0.4) is 0 Å². The van der Waals surface area contributed by atoms with Crippen molar-refractivity contribution in [2.24, 2.45) is 11.8 Å². The fourth-order valence-corrected chi connectivity index (χ4v) is 14.1. The summed E-state index contributed by atoms with van der Waals surface area (Å²) >= 11 is 0. The van der Waals surface area contributed by atoms with Gasteiger partial charge in [-0.1, -0.05) is 375 Å². The van der Waals surface area contributed by atoms with Crippen LogP contribution in [0.4, 0.5) is 0 Å². The van der Waals surface area contributed by atoms with E-state index in [1.165, 1.54) is 238 Å². The molecule has 0 aliphatic rings. The van der Waals surface area contributed by atoms with Crippen LogP contribution in [0.1, 0.15) is 427 Å². The number of aliphatic hydroxyl groups is 1. The molecule has 0 heterocycles. The highest BCUT2D eigenvalue weighted by Gasteiger charge is 2.30. The van der Waals surface area contributed by atoms with Crippen molar-refractivity contribution in [2.45, 2.75) is 445 Å². The molecule has 0 rings (SSSR count). The van der Waals surface area contributed by atoms with E-state index in [9.17, 15) is 43.2 Å². The molecule has 7 atom stereocenters. The maximum absolute atomic E-state index is 13.1. The second-order valence-electron chi connectivity index (χ2n) is 29.6. The zero-order chi connectivity index (χ0) is 73.5. The van der Waals surface area contributed by atoms with Crippen molar-refractivity contribution in [3.8, 4) is 0 Å². The monoisotopic (exact) mass is 1470 g/mol. The second kappa shape index (κ2) is 72.6. The number of unbranched alkanes of at least 4 members (excludes halogenated alkanes) is 48. The summed E-state index contributed by atoms with van der Waals surface area (Å²) in [5.41, 5.74) is 0. The molecule has 0 aromatic carbocycles. The lowest BCUT2D eigenvalue weighted by Gasteiger charge is -2.21. The molecule has 0 fully saturated rings. The molecular formula is C81H158O17P2. The van der Waals surface area contributed by atoms with Gasteiger partial charge >= 0.3 is 39.5 Å². The maximum atomic E-state index is 13.1. The minimum atomic E-state index is -4.96. The Hall–Kier alpha value is -1.94. The normalized spacial score (nSPS) is 14.4. The Morgan fingerprint density at radius 1 is 0.280 bits per heavy atom. The van der Waals surface area contributed by atoms with E-state index in [1.807, 2.05) is 0 Å². The summed E-state index contributed by atoms with van der Waals surface area (Å²) in [4.78, 5) is 72.9. The van der Waals surface area contributed by atoms with Crippen molar-refractivity contribution in [1.29, 1.82) is 0 Å². The van der Waals surface area contributed by atoms with Crippen LogP contribution < -0.4 is 0 Å². The highest BCUT2D eigenvalue weighted by molar-refractivity contribution is 7.47. The van der Waals surface area contributed by atoms with Gasteiger partial charge in [0.05, 0.1) is 26.4 Å². The van der Waals surface area contributed by atoms with Crippen molar-refractivity contribution in [3.05, 3.63) is 0 Å². The van der Waals surface area contributed by atoms with Crippen LogP contribution in [-0.2, 0) is 65.4 Å². The minimum absolute atomic E-state index is 0.102. The molecule has 0 bridgehead atoms. The number of hydrogen-bond acceptors (Lipinski definition) is 15. The quantitative estimate of drug-likeness (QED) is 0.0222. The van der Waals surface area contributed by atoms with Crippen molar-refractivity contribution in [3.63, 3.8) is 0 Å². The number of carbonyl (C=O) groups is 4. The molecule has 3 N–H and O–H groups in total. The Balaban J connectivity index is 5.19. The molecule has 0 aliphatic carbocycles. The standard InChI is InChI=1S/C81H158O17P2/c1-7-11-13-15-17-19-21-23-25-27-29-30-31-32-34-36-38-40-42-44-53-59-65-80(85)97-76(69-91-78(83)63-57-51-43-41-39-37-35-33-28-26-24-22-20-18-16-14-12-8-2)71-95-99(87,88)93-67-75(82)68-94-100(89,90)96-72-77(98-81(86)66-60-54-48-46-50-56-62-74(6)10-4)70-92-79(84)64-58-52-47-45-49-55-61-73(5)9-3/h73-77,82H,7-72H2,1-6H3,(H,87,88)(H,89,90)/t73?,74?,75-,76-,77-/m1/s1. The van der Waals surface area contributed by atoms with Crippen molar-refractivity contribution in [1.82, 2.24) is 0 Å². The van der Waals surface area contributed by atoms with Gasteiger partial charge in [-0.3, -0.25) is 37.3 Å². The number of hydrogen-bond donors (Lipinski definition) is 3. The molecule has 0 radical (unpaired) electrons. The summed E-state index contributed by atoms with van der Waals surface area (Å²) in [5.74, 6) is -0.665. The first-order valence-corrected chi connectivity index (χ1v) is 45.1. The van der Waals surface area contributed by atoms with Gasteiger partial charge in [0.15, 0.2) is 12.2 Å². The van der Waals surface area contributed by atoms with Crippen LogP contribution in [-0.4, -0.2) is 96.7 Å². The Kier molecular flexibility index (Phi) is 71.2. The summed E-state index contributed by atoms with van der Waals surface area (Å²) in [6, 6.07) is 0. The molecule has 0 aliphatic heterocycles. The Labute approximate surface area is 613 Å². The average molecular weight is 1470 g/mol. The molecule has 0 aromatic heterocycles. The molecule has 0 spiro atoms. The molecule has 4 unspecified atom stereocenters. The fraction of sp³-hybridized carbons (Fsp3) is 0.951. The molecule has 594 valence electrons. The highest BCUT2D eigenvalue weighted by Crippen LogP contribution is 2.45. The van der Waals surface area contributed by atoms with E-state index in [4.69, 9.17) is 37.0 Å². The first-order chi connectivity index (χ1) is 48.4.